The number of rotatable bonds is 12. The van der Waals surface area contributed by atoms with Gasteiger partial charge in [0.05, 0.1) is 6.26 Å². The molecule has 1 heterocycles. The van der Waals surface area contributed by atoms with Gasteiger partial charge < -0.3 is 20.7 Å². The molecule has 11 heteroatoms. The third-order valence-electron chi connectivity index (χ3n) is 7.13. The molecule has 0 saturated carbocycles. The number of carbonyl (C=O) groups is 2. The van der Waals surface area contributed by atoms with Crippen molar-refractivity contribution in [2.24, 2.45) is 5.73 Å². The number of likely N-dealkylation sites (tertiary alicyclic amines) is 1. The van der Waals surface area contributed by atoms with Crippen molar-refractivity contribution in [3.63, 3.8) is 0 Å². The summed E-state index contributed by atoms with van der Waals surface area (Å²) < 4.78 is 31.1. The van der Waals surface area contributed by atoms with Gasteiger partial charge >= 0.3 is 6.03 Å². The summed E-state index contributed by atoms with van der Waals surface area (Å²) in [5.41, 5.74) is 7.96. The number of sulfonamides is 1. The fraction of sp³-hybridized carbons (Fsp3) is 0.355. The molecule has 0 bridgehead atoms. The highest BCUT2D eigenvalue weighted by molar-refractivity contribution is 7.92. The van der Waals surface area contributed by atoms with Crippen molar-refractivity contribution in [2.45, 2.75) is 45.2 Å². The van der Waals surface area contributed by atoms with E-state index in [1.165, 1.54) is 5.56 Å². The van der Waals surface area contributed by atoms with E-state index in [2.05, 4.69) is 21.9 Å². The van der Waals surface area contributed by atoms with Gasteiger partial charge in [-0.15, -0.1) is 0 Å². The van der Waals surface area contributed by atoms with E-state index in [1.54, 1.807) is 48.5 Å². The van der Waals surface area contributed by atoms with Crippen molar-refractivity contribution in [1.29, 1.82) is 0 Å². The number of benzene rings is 3. The average molecular weight is 594 g/mol. The molecule has 3 amide bonds. The van der Waals surface area contributed by atoms with Crippen LogP contribution in [0.25, 0.3) is 0 Å². The van der Waals surface area contributed by atoms with Gasteiger partial charge in [-0.1, -0.05) is 31.5 Å². The molecule has 0 spiro atoms. The predicted octanol–water partition coefficient (Wildman–Crippen LogP) is 5.25. The Kier molecular flexibility index (Phi) is 10.4. The molecule has 42 heavy (non-hydrogen) atoms. The second-order valence-electron chi connectivity index (χ2n) is 10.6. The Morgan fingerprint density at radius 2 is 1.62 bits per heavy atom. The number of ether oxygens (including phenoxy) is 1. The molecule has 0 aromatic heterocycles. The van der Waals surface area contributed by atoms with E-state index in [-0.39, 0.29) is 12.1 Å². The number of hydrogen-bond donors (Lipinski definition) is 3. The van der Waals surface area contributed by atoms with Gasteiger partial charge in [-0.05, 0) is 79.4 Å². The Morgan fingerprint density at radius 3 is 2.21 bits per heavy atom. The number of primary amides is 1. The highest BCUT2D eigenvalue weighted by Crippen LogP contribution is 2.25. The van der Waals surface area contributed by atoms with Gasteiger partial charge in [0.1, 0.15) is 11.5 Å². The van der Waals surface area contributed by atoms with Crippen molar-refractivity contribution in [3.05, 3.63) is 83.9 Å². The third kappa shape index (κ3) is 9.22. The zero-order valence-corrected chi connectivity index (χ0v) is 24.9. The maximum absolute atomic E-state index is 13.3. The van der Waals surface area contributed by atoms with E-state index in [1.807, 2.05) is 29.2 Å². The maximum atomic E-state index is 13.3. The van der Waals surface area contributed by atoms with Gasteiger partial charge in [0.15, 0.2) is 0 Å². The Labute approximate surface area is 247 Å². The van der Waals surface area contributed by atoms with Gasteiger partial charge in [-0.2, -0.15) is 0 Å². The Bertz CT molecular complexity index is 1450. The topological polar surface area (TPSA) is 134 Å². The van der Waals surface area contributed by atoms with Crippen LogP contribution in [0.4, 0.5) is 16.2 Å². The van der Waals surface area contributed by atoms with Crippen molar-refractivity contribution in [3.8, 4) is 11.5 Å². The van der Waals surface area contributed by atoms with E-state index in [4.69, 9.17) is 10.5 Å². The standard InChI is InChI=1S/C31H39N5O5S/c1-3-4-18-36(31(38)33-26-7-5-6-24(21-26)30(32)37)27-16-19-35(20-17-27)22-23-8-12-28(13-9-23)41-29-14-10-25(11-15-29)34-42(2,39)40/h5-15,21,27,34H,3-4,16-20,22H2,1-2H3,(H2,32,37)(H,33,38). The monoisotopic (exact) mass is 593 g/mol. The van der Waals surface area contributed by atoms with E-state index in [0.717, 1.165) is 51.6 Å². The highest BCUT2D eigenvalue weighted by Gasteiger charge is 2.28. The summed E-state index contributed by atoms with van der Waals surface area (Å²) in [5.74, 6) is 0.779. The second-order valence-corrected chi connectivity index (χ2v) is 12.3. The van der Waals surface area contributed by atoms with E-state index in [0.29, 0.717) is 35.0 Å². The highest BCUT2D eigenvalue weighted by atomic mass is 32.2. The summed E-state index contributed by atoms with van der Waals surface area (Å²) >= 11 is 0. The number of carbonyl (C=O) groups excluding carboxylic acids is 2. The number of anilines is 2. The summed E-state index contributed by atoms with van der Waals surface area (Å²) in [4.78, 5) is 29.1. The van der Waals surface area contributed by atoms with Crippen LogP contribution < -0.4 is 20.5 Å². The van der Waals surface area contributed by atoms with Crippen LogP contribution in [0.3, 0.4) is 0 Å². The fourth-order valence-corrected chi connectivity index (χ4v) is 5.54. The molecule has 0 radical (unpaired) electrons. The van der Waals surface area contributed by atoms with Crippen molar-refractivity contribution >= 4 is 33.3 Å². The van der Waals surface area contributed by atoms with Gasteiger partial charge in [-0.3, -0.25) is 14.4 Å². The Morgan fingerprint density at radius 1 is 0.976 bits per heavy atom. The van der Waals surface area contributed by atoms with Crippen molar-refractivity contribution < 1.29 is 22.7 Å². The largest absolute Gasteiger partial charge is 0.457 e. The molecule has 0 unspecified atom stereocenters. The molecule has 0 aliphatic carbocycles. The van der Waals surface area contributed by atoms with Crippen molar-refractivity contribution in [2.75, 3.05) is 35.9 Å². The molecular weight excluding hydrogens is 554 g/mol. The first-order valence-corrected chi connectivity index (χ1v) is 16.0. The minimum atomic E-state index is -3.32. The molecule has 4 N–H and O–H groups in total. The number of amides is 3. The molecule has 0 atom stereocenters. The summed E-state index contributed by atoms with van der Waals surface area (Å²) in [6.45, 7) is 5.36. The lowest BCUT2D eigenvalue weighted by Crippen LogP contribution is -2.49. The van der Waals surface area contributed by atoms with Gasteiger partial charge in [0.25, 0.3) is 0 Å². The van der Waals surface area contributed by atoms with Crippen LogP contribution in [0.1, 0.15) is 48.5 Å². The summed E-state index contributed by atoms with van der Waals surface area (Å²) in [6, 6.07) is 21.4. The van der Waals surface area contributed by atoms with Gasteiger partial charge in [0, 0.05) is 49.2 Å². The van der Waals surface area contributed by atoms with Crippen LogP contribution in [0, 0.1) is 0 Å². The summed E-state index contributed by atoms with van der Waals surface area (Å²) in [7, 11) is -3.32. The molecule has 3 aromatic rings. The lowest BCUT2D eigenvalue weighted by molar-refractivity contribution is 0.1000. The normalized spacial score (nSPS) is 14.2. The van der Waals surface area contributed by atoms with Crippen LogP contribution in [-0.4, -0.2) is 62.1 Å². The predicted molar refractivity (Wildman–Crippen MR) is 165 cm³/mol. The molecule has 1 aliphatic rings. The van der Waals surface area contributed by atoms with Crippen LogP contribution >= 0.6 is 0 Å². The van der Waals surface area contributed by atoms with Crippen molar-refractivity contribution in [1.82, 2.24) is 9.80 Å². The fourth-order valence-electron chi connectivity index (χ4n) is 4.98. The maximum Gasteiger partial charge on any atom is 0.322 e. The van der Waals surface area contributed by atoms with Crippen LogP contribution in [-0.2, 0) is 16.6 Å². The lowest BCUT2D eigenvalue weighted by Gasteiger charge is -2.38. The number of nitrogens with two attached hydrogens (primary N) is 1. The zero-order chi connectivity index (χ0) is 30.1. The Balaban J connectivity index is 1.29. The molecule has 224 valence electrons. The lowest BCUT2D eigenvalue weighted by atomic mass is 10.0. The molecule has 10 nitrogen and oxygen atoms in total. The minimum absolute atomic E-state index is 0.141. The molecule has 1 fully saturated rings. The van der Waals surface area contributed by atoms with Crippen LogP contribution in [0.5, 0.6) is 11.5 Å². The smallest absolute Gasteiger partial charge is 0.322 e. The number of urea groups is 1. The van der Waals surface area contributed by atoms with Gasteiger partial charge in [0.2, 0.25) is 15.9 Å². The van der Waals surface area contributed by atoms with Crippen LogP contribution in [0.2, 0.25) is 0 Å². The van der Waals surface area contributed by atoms with E-state index < -0.39 is 15.9 Å². The summed E-state index contributed by atoms with van der Waals surface area (Å²) in [5, 5.41) is 2.96. The number of piperidine rings is 1. The first-order chi connectivity index (χ1) is 20.1. The first-order valence-electron chi connectivity index (χ1n) is 14.1. The van der Waals surface area contributed by atoms with Crippen LogP contribution in [0.15, 0.2) is 72.8 Å². The number of nitrogens with zero attached hydrogens (tertiary/aromatic N) is 2. The third-order valence-corrected chi connectivity index (χ3v) is 7.74. The molecule has 4 rings (SSSR count). The number of nitrogens with one attached hydrogen (secondary N) is 2. The molecule has 1 saturated heterocycles. The average Bonchev–Trinajstić information content (AvgIpc) is 2.95. The molecular formula is C31H39N5O5S. The molecule has 1 aliphatic heterocycles. The first kappa shape index (κ1) is 30.9. The zero-order valence-electron chi connectivity index (χ0n) is 24.1. The van der Waals surface area contributed by atoms with Gasteiger partial charge in [-0.25, -0.2) is 13.2 Å². The summed E-state index contributed by atoms with van der Waals surface area (Å²) in [6.07, 6.45) is 4.78. The van der Waals surface area contributed by atoms with E-state index >= 15 is 0 Å². The second kappa shape index (κ2) is 14.2. The Hall–Kier alpha value is -4.09. The SMILES string of the molecule is CCCCN(C(=O)Nc1cccc(C(N)=O)c1)C1CCN(Cc2ccc(Oc3ccc(NS(C)(=O)=O)cc3)cc2)CC1. The number of hydrogen-bond acceptors (Lipinski definition) is 6. The quantitative estimate of drug-likeness (QED) is 0.263. The van der Waals surface area contributed by atoms with E-state index in [9.17, 15) is 18.0 Å². The molecule has 3 aromatic carbocycles. The minimum Gasteiger partial charge on any atom is -0.457 e. The number of unbranched alkanes of at least 4 members (excludes halogenated alkanes) is 1.